The Morgan fingerprint density at radius 2 is 1.64 bits per heavy atom. The maximum absolute atomic E-state index is 12.4. The van der Waals surface area contributed by atoms with Crippen molar-refractivity contribution in [3.05, 3.63) is 71.3 Å². The minimum atomic E-state index is -0.562. The molecule has 0 radical (unpaired) electrons. The van der Waals surface area contributed by atoms with Crippen LogP contribution in [0, 0.1) is 6.92 Å². The van der Waals surface area contributed by atoms with Gasteiger partial charge >= 0.3 is 5.97 Å². The molecule has 1 unspecified atom stereocenters. The molecule has 0 N–H and O–H groups in total. The molecule has 2 aromatic rings. The van der Waals surface area contributed by atoms with E-state index >= 15 is 0 Å². The summed E-state index contributed by atoms with van der Waals surface area (Å²) in [7, 11) is 0. The fraction of sp³-hybridized carbons (Fsp3) is 0.350. The molecule has 116 valence electrons. The molecule has 0 amide bonds. The minimum Gasteiger partial charge on any atom is -0.455 e. The second-order valence-electron chi connectivity index (χ2n) is 6.18. The number of hydrogen-bond donors (Lipinski definition) is 0. The maximum atomic E-state index is 12.4. The first-order valence-corrected chi connectivity index (χ1v) is 7.79. The summed E-state index contributed by atoms with van der Waals surface area (Å²) in [5.41, 5.74) is 2.51. The Morgan fingerprint density at radius 3 is 2.23 bits per heavy atom. The van der Waals surface area contributed by atoms with E-state index in [1.807, 2.05) is 44.2 Å². The van der Waals surface area contributed by atoms with E-state index in [1.165, 1.54) is 11.1 Å². The van der Waals surface area contributed by atoms with Crippen LogP contribution in [0.2, 0.25) is 0 Å². The first-order valence-electron chi connectivity index (χ1n) is 7.79. The number of rotatable bonds is 5. The largest absolute Gasteiger partial charge is 0.455 e. The lowest BCUT2D eigenvalue weighted by Gasteiger charge is -2.34. The van der Waals surface area contributed by atoms with Gasteiger partial charge in [0, 0.05) is 5.92 Å². The van der Waals surface area contributed by atoms with E-state index in [0.717, 1.165) is 6.42 Å². The number of carbonyl (C=O) groups excluding carboxylic acids is 1. The van der Waals surface area contributed by atoms with Gasteiger partial charge < -0.3 is 4.74 Å². The van der Waals surface area contributed by atoms with Gasteiger partial charge in [0.15, 0.2) is 0 Å². The van der Waals surface area contributed by atoms with Gasteiger partial charge in [0.1, 0.15) is 5.60 Å². The Balaban J connectivity index is 2.24. The van der Waals surface area contributed by atoms with Crippen molar-refractivity contribution in [1.29, 1.82) is 0 Å². The number of ether oxygens (including phenoxy) is 1. The first-order chi connectivity index (χ1) is 10.5. The van der Waals surface area contributed by atoms with Crippen LogP contribution < -0.4 is 0 Å². The van der Waals surface area contributed by atoms with Gasteiger partial charge in [-0.3, -0.25) is 0 Å². The van der Waals surface area contributed by atoms with Crippen LogP contribution in [-0.2, 0) is 4.74 Å². The van der Waals surface area contributed by atoms with E-state index < -0.39 is 5.60 Å². The zero-order valence-electron chi connectivity index (χ0n) is 13.8. The van der Waals surface area contributed by atoms with Gasteiger partial charge in [0.2, 0.25) is 0 Å². The Labute approximate surface area is 133 Å². The van der Waals surface area contributed by atoms with Crippen LogP contribution in [0.25, 0.3) is 0 Å². The highest BCUT2D eigenvalue weighted by atomic mass is 16.6. The smallest absolute Gasteiger partial charge is 0.338 e. The zero-order chi connectivity index (χ0) is 16.2. The van der Waals surface area contributed by atoms with E-state index in [9.17, 15) is 4.79 Å². The normalized spacial score (nSPS) is 12.7. The van der Waals surface area contributed by atoms with Crippen LogP contribution in [0.3, 0.4) is 0 Å². The van der Waals surface area contributed by atoms with Gasteiger partial charge in [0.25, 0.3) is 0 Å². The molecule has 2 heteroatoms. The number of benzene rings is 2. The molecule has 0 bridgehead atoms. The quantitative estimate of drug-likeness (QED) is 0.715. The second-order valence-corrected chi connectivity index (χ2v) is 6.18. The molecule has 1 atom stereocenters. The van der Waals surface area contributed by atoms with Gasteiger partial charge in [-0.05, 0) is 50.5 Å². The molecule has 2 aromatic carbocycles. The first kappa shape index (κ1) is 16.3. The maximum Gasteiger partial charge on any atom is 0.338 e. The van der Waals surface area contributed by atoms with Crippen molar-refractivity contribution in [2.45, 2.75) is 45.6 Å². The molecule has 2 nitrogen and oxygen atoms in total. The molecule has 0 heterocycles. The topological polar surface area (TPSA) is 26.3 Å². The Bertz CT molecular complexity index is 629. The van der Waals surface area contributed by atoms with Crippen molar-refractivity contribution >= 4 is 5.97 Å². The SMILES string of the molecule is CCC(c1ccccc1C)C(C)(C)OC(=O)c1ccccc1. The Morgan fingerprint density at radius 1 is 1.05 bits per heavy atom. The molecule has 0 saturated carbocycles. The summed E-state index contributed by atoms with van der Waals surface area (Å²) in [5, 5.41) is 0. The van der Waals surface area contributed by atoms with Crippen LogP contribution in [0.1, 0.15) is 54.6 Å². The fourth-order valence-corrected chi connectivity index (χ4v) is 3.01. The van der Waals surface area contributed by atoms with Crippen molar-refractivity contribution in [2.24, 2.45) is 0 Å². The van der Waals surface area contributed by atoms with E-state index in [2.05, 4.69) is 26.0 Å². The Hall–Kier alpha value is -2.09. The number of carbonyl (C=O) groups is 1. The molecular weight excluding hydrogens is 272 g/mol. The lowest BCUT2D eigenvalue weighted by molar-refractivity contribution is -0.0144. The summed E-state index contributed by atoms with van der Waals surface area (Å²) < 4.78 is 5.85. The zero-order valence-corrected chi connectivity index (χ0v) is 13.8. The van der Waals surface area contributed by atoms with Gasteiger partial charge in [-0.2, -0.15) is 0 Å². The average Bonchev–Trinajstić information content (AvgIpc) is 2.50. The minimum absolute atomic E-state index is 0.168. The second kappa shape index (κ2) is 6.78. The average molecular weight is 296 g/mol. The number of esters is 1. The molecular formula is C20H24O2. The molecule has 0 saturated heterocycles. The predicted octanol–water partition coefficient (Wildman–Crippen LogP) is 5.12. The van der Waals surface area contributed by atoms with Crippen LogP contribution in [0.4, 0.5) is 0 Å². The fourth-order valence-electron chi connectivity index (χ4n) is 3.01. The predicted molar refractivity (Wildman–Crippen MR) is 90.1 cm³/mol. The molecule has 0 fully saturated rings. The highest BCUT2D eigenvalue weighted by molar-refractivity contribution is 5.89. The third-order valence-electron chi connectivity index (χ3n) is 4.18. The summed E-state index contributed by atoms with van der Waals surface area (Å²) >= 11 is 0. The molecule has 22 heavy (non-hydrogen) atoms. The van der Waals surface area contributed by atoms with Crippen molar-refractivity contribution in [2.75, 3.05) is 0 Å². The highest BCUT2D eigenvalue weighted by Gasteiger charge is 2.34. The lowest BCUT2D eigenvalue weighted by Crippen LogP contribution is -2.35. The molecule has 0 aliphatic carbocycles. The van der Waals surface area contributed by atoms with E-state index in [0.29, 0.717) is 5.56 Å². The van der Waals surface area contributed by atoms with Crippen LogP contribution in [0.5, 0.6) is 0 Å². The number of aryl methyl sites for hydroxylation is 1. The van der Waals surface area contributed by atoms with E-state index in [1.54, 1.807) is 12.1 Å². The summed E-state index contributed by atoms with van der Waals surface area (Å²) in [6, 6.07) is 17.5. The lowest BCUT2D eigenvalue weighted by atomic mass is 9.80. The van der Waals surface area contributed by atoms with Crippen molar-refractivity contribution in [1.82, 2.24) is 0 Å². The molecule has 0 aliphatic heterocycles. The van der Waals surface area contributed by atoms with Crippen LogP contribution >= 0.6 is 0 Å². The summed E-state index contributed by atoms with van der Waals surface area (Å²) in [5.74, 6) is -0.0982. The van der Waals surface area contributed by atoms with Crippen molar-refractivity contribution in [3.63, 3.8) is 0 Å². The van der Waals surface area contributed by atoms with Gasteiger partial charge in [-0.1, -0.05) is 49.4 Å². The Kier molecular flexibility index (Phi) is 5.02. The highest BCUT2D eigenvalue weighted by Crippen LogP contribution is 2.36. The summed E-state index contributed by atoms with van der Waals surface area (Å²) in [6.07, 6.45) is 0.917. The van der Waals surface area contributed by atoms with Crippen molar-refractivity contribution < 1.29 is 9.53 Å². The van der Waals surface area contributed by atoms with Crippen LogP contribution in [-0.4, -0.2) is 11.6 Å². The van der Waals surface area contributed by atoms with Gasteiger partial charge in [0.05, 0.1) is 5.56 Å². The van der Waals surface area contributed by atoms with Crippen LogP contribution in [0.15, 0.2) is 54.6 Å². The van der Waals surface area contributed by atoms with E-state index in [-0.39, 0.29) is 11.9 Å². The summed E-state index contributed by atoms with van der Waals surface area (Å²) in [4.78, 5) is 12.4. The summed E-state index contributed by atoms with van der Waals surface area (Å²) in [6.45, 7) is 8.23. The van der Waals surface area contributed by atoms with Crippen molar-refractivity contribution in [3.8, 4) is 0 Å². The third kappa shape index (κ3) is 3.56. The standard InChI is InChI=1S/C20H24O2/c1-5-18(17-14-10-9-11-15(17)2)20(3,4)22-19(21)16-12-7-6-8-13-16/h6-14,18H,5H2,1-4H3. The van der Waals surface area contributed by atoms with E-state index in [4.69, 9.17) is 4.74 Å². The van der Waals surface area contributed by atoms with Gasteiger partial charge in [-0.15, -0.1) is 0 Å². The molecule has 2 rings (SSSR count). The van der Waals surface area contributed by atoms with Gasteiger partial charge in [-0.25, -0.2) is 4.79 Å². The monoisotopic (exact) mass is 296 g/mol. The molecule has 0 aromatic heterocycles. The third-order valence-corrected chi connectivity index (χ3v) is 4.18. The molecule has 0 spiro atoms. The number of hydrogen-bond acceptors (Lipinski definition) is 2. The molecule has 0 aliphatic rings.